The number of amides is 1. The molecular formula is C12H33N4O3PS. The summed E-state index contributed by atoms with van der Waals surface area (Å²) in [5, 5.41) is 0. The van der Waals surface area contributed by atoms with Gasteiger partial charge in [0.25, 0.3) is 7.59 Å². The Kier molecular flexibility index (Phi) is 15.3. The highest BCUT2D eigenvalue weighted by Crippen LogP contribution is 2.50. The fourth-order valence-corrected chi connectivity index (χ4v) is 3.22. The van der Waals surface area contributed by atoms with Gasteiger partial charge in [-0.2, -0.15) is 0 Å². The molecule has 0 rings (SSSR count). The molecule has 0 aliphatic heterocycles. The summed E-state index contributed by atoms with van der Waals surface area (Å²) in [6.07, 6.45) is 3.28. The van der Waals surface area contributed by atoms with Crippen LogP contribution in [0.3, 0.4) is 0 Å². The maximum Gasteiger partial charge on any atom is 0.285 e. The molecule has 0 saturated heterocycles. The molecule has 2 N–H and O–H groups in total. The lowest BCUT2D eigenvalue weighted by molar-refractivity contribution is -0.120. The standard InChI is InChI=1S/C6H18N3OP.C4H9NO.C2H6OS/c1-7(2)11(10,8(3)4)9(5)6;1-3(2)4(5)6;1-4(2)3/h1-6H3;3H,1-2H3,(H2,5,6);1-2H3. The van der Waals surface area contributed by atoms with Gasteiger partial charge in [-0.25, -0.2) is 14.0 Å². The summed E-state index contributed by atoms with van der Waals surface area (Å²) in [5.41, 5.74) is 4.80. The molecule has 0 heterocycles. The number of carbonyl (C=O) groups is 1. The minimum Gasteiger partial charge on any atom is -0.617 e. The van der Waals surface area contributed by atoms with Crippen LogP contribution in [-0.2, 0) is 20.5 Å². The summed E-state index contributed by atoms with van der Waals surface area (Å²) in [6.45, 7) is 3.53. The first-order valence-corrected chi connectivity index (χ1v) is 9.92. The average Bonchev–Trinajstić information content (AvgIpc) is 2.26. The van der Waals surface area contributed by atoms with E-state index < -0.39 is 18.8 Å². The smallest absolute Gasteiger partial charge is 0.285 e. The van der Waals surface area contributed by atoms with Crippen LogP contribution in [-0.4, -0.2) is 79.3 Å². The van der Waals surface area contributed by atoms with Gasteiger partial charge in [0, 0.05) is 5.92 Å². The molecular weight excluding hydrogens is 311 g/mol. The molecule has 7 nitrogen and oxygen atoms in total. The van der Waals surface area contributed by atoms with Gasteiger partial charge < -0.3 is 10.3 Å². The van der Waals surface area contributed by atoms with Crippen LogP contribution in [0.2, 0.25) is 0 Å². The van der Waals surface area contributed by atoms with Crippen molar-refractivity contribution in [3.05, 3.63) is 0 Å². The predicted molar refractivity (Wildman–Crippen MR) is 92.7 cm³/mol. The van der Waals surface area contributed by atoms with Gasteiger partial charge in [-0.15, -0.1) is 0 Å². The van der Waals surface area contributed by atoms with Gasteiger partial charge in [-0.05, 0) is 42.3 Å². The van der Waals surface area contributed by atoms with E-state index in [2.05, 4.69) is 0 Å². The lowest BCUT2D eigenvalue weighted by Gasteiger charge is -2.34. The number of primary amides is 1. The van der Waals surface area contributed by atoms with Crippen molar-refractivity contribution in [3.63, 3.8) is 0 Å². The number of nitrogens with zero attached hydrogens (tertiary/aromatic N) is 3. The average molecular weight is 344 g/mol. The van der Waals surface area contributed by atoms with Crippen LogP contribution in [0.25, 0.3) is 0 Å². The van der Waals surface area contributed by atoms with Crippen molar-refractivity contribution in [1.82, 2.24) is 14.0 Å². The van der Waals surface area contributed by atoms with Gasteiger partial charge in [0.1, 0.15) is 0 Å². The highest BCUT2D eigenvalue weighted by molar-refractivity contribution is 7.89. The topological polar surface area (TPSA) is 92.9 Å². The molecule has 0 aliphatic rings. The van der Waals surface area contributed by atoms with Crippen LogP contribution in [0.4, 0.5) is 0 Å². The number of rotatable bonds is 4. The lowest BCUT2D eigenvalue weighted by atomic mass is 10.2. The number of hydrogen-bond acceptors (Lipinski definition) is 3. The SMILES string of the molecule is CC(C)C(N)=O.CN(C)P(=O)(N(C)C)N(C)C.C[S+](C)[O-]. The summed E-state index contributed by atoms with van der Waals surface area (Å²) in [5.74, 6) is -0.250. The van der Waals surface area contributed by atoms with Crippen molar-refractivity contribution in [2.75, 3.05) is 54.8 Å². The summed E-state index contributed by atoms with van der Waals surface area (Å²) in [7, 11) is 8.49. The second-order valence-corrected chi connectivity index (χ2v) is 10.3. The van der Waals surface area contributed by atoms with Crippen molar-refractivity contribution in [3.8, 4) is 0 Å². The van der Waals surface area contributed by atoms with Crippen molar-refractivity contribution in [2.45, 2.75) is 13.8 Å². The zero-order chi connectivity index (χ0) is 18.0. The van der Waals surface area contributed by atoms with E-state index in [1.807, 2.05) is 42.3 Å². The monoisotopic (exact) mass is 344 g/mol. The highest BCUT2D eigenvalue weighted by atomic mass is 32.2. The first-order valence-electron chi connectivity index (χ1n) is 6.39. The maximum atomic E-state index is 12.1. The first-order chi connectivity index (χ1) is 9.20. The molecule has 0 unspecified atom stereocenters. The zero-order valence-electron chi connectivity index (χ0n) is 15.1. The Bertz CT molecular complexity index is 292. The summed E-state index contributed by atoms with van der Waals surface area (Å²) >= 11 is -0.611. The Morgan fingerprint density at radius 2 is 1.14 bits per heavy atom. The van der Waals surface area contributed by atoms with Gasteiger partial charge in [-0.3, -0.25) is 9.36 Å². The number of carbonyl (C=O) groups excluding carboxylic acids is 1. The summed E-state index contributed by atoms with van der Waals surface area (Å²) in [6, 6.07) is 0. The van der Waals surface area contributed by atoms with Gasteiger partial charge >= 0.3 is 0 Å². The first kappa shape index (κ1) is 25.8. The summed E-state index contributed by atoms with van der Waals surface area (Å²) < 4.78 is 26.9. The van der Waals surface area contributed by atoms with Crippen LogP contribution in [0.5, 0.6) is 0 Å². The van der Waals surface area contributed by atoms with E-state index in [0.29, 0.717) is 0 Å². The molecule has 21 heavy (non-hydrogen) atoms. The maximum absolute atomic E-state index is 12.1. The minimum absolute atomic E-state index is 0.00926. The second kappa shape index (κ2) is 12.4. The molecule has 0 radical (unpaired) electrons. The third-order valence-electron chi connectivity index (χ3n) is 2.13. The van der Waals surface area contributed by atoms with Crippen LogP contribution >= 0.6 is 7.59 Å². The largest absolute Gasteiger partial charge is 0.617 e. The van der Waals surface area contributed by atoms with E-state index in [4.69, 9.17) is 5.73 Å². The van der Waals surface area contributed by atoms with Gasteiger partial charge in [0.05, 0.1) is 12.5 Å². The normalized spacial score (nSPS) is 11.4. The molecule has 0 atom stereocenters. The van der Waals surface area contributed by atoms with Crippen molar-refractivity contribution in [2.24, 2.45) is 11.7 Å². The zero-order valence-corrected chi connectivity index (χ0v) is 16.8. The fraction of sp³-hybridized carbons (Fsp3) is 0.917. The van der Waals surface area contributed by atoms with Crippen LogP contribution in [0.1, 0.15) is 13.8 Å². The van der Waals surface area contributed by atoms with Gasteiger partial charge in [0.2, 0.25) is 5.91 Å². The number of nitrogens with two attached hydrogens (primary N) is 1. The third-order valence-corrected chi connectivity index (χ3v) is 5.26. The highest BCUT2D eigenvalue weighted by Gasteiger charge is 2.30. The molecule has 9 heteroatoms. The van der Waals surface area contributed by atoms with E-state index in [1.54, 1.807) is 40.4 Å². The third kappa shape index (κ3) is 13.3. The predicted octanol–water partition coefficient (Wildman–Crippen LogP) is 0.902. The fourth-order valence-electron chi connectivity index (χ4n) is 1.07. The molecule has 0 aromatic carbocycles. The Labute approximate surface area is 133 Å². The van der Waals surface area contributed by atoms with E-state index in [9.17, 15) is 13.9 Å². The van der Waals surface area contributed by atoms with Crippen LogP contribution < -0.4 is 5.73 Å². The Morgan fingerprint density at radius 3 is 1.14 bits per heavy atom. The quantitative estimate of drug-likeness (QED) is 0.602. The Hall–Kier alpha value is -0.110. The molecule has 0 spiro atoms. The second-order valence-electron chi connectivity index (χ2n) is 5.35. The van der Waals surface area contributed by atoms with E-state index in [-0.39, 0.29) is 11.8 Å². The van der Waals surface area contributed by atoms with E-state index in [1.165, 1.54) is 0 Å². The van der Waals surface area contributed by atoms with Gasteiger partial charge in [0.15, 0.2) is 0 Å². The molecule has 0 aromatic heterocycles. The molecule has 0 aromatic rings. The molecule has 130 valence electrons. The lowest BCUT2D eigenvalue weighted by Crippen LogP contribution is -2.30. The molecule has 0 aliphatic carbocycles. The van der Waals surface area contributed by atoms with Crippen molar-refractivity contribution >= 4 is 24.7 Å². The molecule has 1 amide bonds. The number of hydrogen-bond donors (Lipinski definition) is 1. The Morgan fingerprint density at radius 1 is 1.00 bits per heavy atom. The van der Waals surface area contributed by atoms with E-state index in [0.717, 1.165) is 0 Å². The van der Waals surface area contributed by atoms with Crippen molar-refractivity contribution < 1.29 is 13.9 Å². The molecule has 0 bridgehead atoms. The minimum atomic E-state index is -2.44. The van der Waals surface area contributed by atoms with Crippen LogP contribution in [0, 0.1) is 5.92 Å². The molecule has 0 fully saturated rings. The van der Waals surface area contributed by atoms with Crippen molar-refractivity contribution in [1.29, 1.82) is 0 Å². The Balaban J connectivity index is -0.000000272. The van der Waals surface area contributed by atoms with Gasteiger partial charge in [-0.1, -0.05) is 25.0 Å². The molecule has 0 saturated carbocycles. The van der Waals surface area contributed by atoms with Crippen LogP contribution in [0.15, 0.2) is 0 Å². The van der Waals surface area contributed by atoms with E-state index >= 15 is 0 Å². The summed E-state index contributed by atoms with van der Waals surface area (Å²) in [4.78, 5) is 9.92.